The van der Waals surface area contributed by atoms with Gasteiger partial charge in [0.15, 0.2) is 0 Å². The van der Waals surface area contributed by atoms with Crippen LogP contribution in [-0.2, 0) is 22.1 Å². The highest BCUT2D eigenvalue weighted by molar-refractivity contribution is 7.90. The number of hydrogen-bond donors (Lipinski definition) is 1. The van der Waals surface area contributed by atoms with Crippen LogP contribution in [0.25, 0.3) is 0 Å². The van der Waals surface area contributed by atoms with Crippen molar-refractivity contribution in [2.24, 2.45) is 0 Å². The van der Waals surface area contributed by atoms with Crippen molar-refractivity contribution >= 4 is 15.7 Å². The molecular formula is C16H13FN4O4S. The average molecular weight is 376 g/mol. The molecule has 0 atom stereocenters. The van der Waals surface area contributed by atoms with Crippen molar-refractivity contribution in [3.63, 3.8) is 0 Å². The highest BCUT2D eigenvalue weighted by atomic mass is 32.2. The van der Waals surface area contributed by atoms with E-state index in [1.807, 2.05) is 0 Å². The second-order valence-electron chi connectivity index (χ2n) is 5.27. The second-order valence-corrected chi connectivity index (χ2v) is 7.13. The Balaban J connectivity index is 1.65. The van der Waals surface area contributed by atoms with E-state index in [1.54, 1.807) is 0 Å². The molecular weight excluding hydrogens is 363 g/mol. The van der Waals surface area contributed by atoms with E-state index in [1.165, 1.54) is 48.8 Å². The predicted molar refractivity (Wildman–Crippen MR) is 87.0 cm³/mol. The first-order chi connectivity index (χ1) is 12.4. The SMILES string of the molecule is O=C(NCc1nnc(S(=O)(=O)Cc2ccc(F)cc2)o1)c1ccncc1. The molecule has 134 valence electrons. The van der Waals surface area contributed by atoms with Crippen molar-refractivity contribution in [3.8, 4) is 0 Å². The molecule has 0 fully saturated rings. The zero-order valence-electron chi connectivity index (χ0n) is 13.3. The Labute approximate surface area is 148 Å². The number of halogens is 1. The molecule has 26 heavy (non-hydrogen) atoms. The summed E-state index contributed by atoms with van der Waals surface area (Å²) in [7, 11) is -3.88. The highest BCUT2D eigenvalue weighted by Gasteiger charge is 2.23. The fourth-order valence-electron chi connectivity index (χ4n) is 2.06. The molecule has 2 aromatic heterocycles. The molecule has 0 saturated carbocycles. The van der Waals surface area contributed by atoms with Crippen molar-refractivity contribution in [2.75, 3.05) is 0 Å². The van der Waals surface area contributed by atoms with Gasteiger partial charge in [-0.1, -0.05) is 17.2 Å². The number of nitrogens with zero attached hydrogens (tertiary/aromatic N) is 3. The molecule has 1 amide bonds. The number of aromatic nitrogens is 3. The Morgan fingerprint density at radius 2 is 1.77 bits per heavy atom. The third kappa shape index (κ3) is 4.28. The summed E-state index contributed by atoms with van der Waals surface area (Å²) in [6.07, 6.45) is 2.95. The van der Waals surface area contributed by atoms with Crippen molar-refractivity contribution < 1.29 is 22.0 Å². The normalized spacial score (nSPS) is 11.3. The Morgan fingerprint density at radius 1 is 1.08 bits per heavy atom. The van der Waals surface area contributed by atoms with Crippen molar-refractivity contribution in [2.45, 2.75) is 17.5 Å². The molecule has 10 heteroatoms. The molecule has 0 spiro atoms. The minimum absolute atomic E-state index is 0.0508. The minimum atomic E-state index is -3.88. The van der Waals surface area contributed by atoms with E-state index in [0.29, 0.717) is 11.1 Å². The lowest BCUT2D eigenvalue weighted by atomic mass is 10.2. The number of rotatable bonds is 6. The summed E-state index contributed by atoms with van der Waals surface area (Å²) in [5.74, 6) is -1.30. The van der Waals surface area contributed by atoms with Gasteiger partial charge >= 0.3 is 5.22 Å². The van der Waals surface area contributed by atoms with Crippen LogP contribution >= 0.6 is 0 Å². The molecule has 0 unspecified atom stereocenters. The van der Waals surface area contributed by atoms with Crippen LogP contribution in [0.2, 0.25) is 0 Å². The van der Waals surface area contributed by atoms with Gasteiger partial charge in [0, 0.05) is 18.0 Å². The predicted octanol–water partition coefficient (Wildman–Crippen LogP) is 1.51. The zero-order chi connectivity index (χ0) is 18.6. The first-order valence-electron chi connectivity index (χ1n) is 7.42. The van der Waals surface area contributed by atoms with Gasteiger partial charge in [0.05, 0.1) is 12.3 Å². The molecule has 2 heterocycles. The van der Waals surface area contributed by atoms with Crippen LogP contribution in [0.3, 0.4) is 0 Å². The lowest BCUT2D eigenvalue weighted by Crippen LogP contribution is -2.22. The Hall–Kier alpha value is -3.14. The largest absolute Gasteiger partial charge is 0.411 e. The van der Waals surface area contributed by atoms with E-state index in [0.717, 1.165) is 0 Å². The Bertz CT molecular complexity index is 1000. The zero-order valence-corrected chi connectivity index (χ0v) is 14.1. The van der Waals surface area contributed by atoms with Gasteiger partial charge in [-0.3, -0.25) is 9.78 Å². The molecule has 1 N–H and O–H groups in total. The van der Waals surface area contributed by atoms with Gasteiger partial charge in [-0.2, -0.15) is 0 Å². The van der Waals surface area contributed by atoms with Gasteiger partial charge in [-0.15, -0.1) is 5.10 Å². The molecule has 3 aromatic rings. The summed E-state index contributed by atoms with van der Waals surface area (Å²) < 4.78 is 42.6. The van der Waals surface area contributed by atoms with Crippen LogP contribution in [-0.4, -0.2) is 29.5 Å². The monoisotopic (exact) mass is 376 g/mol. The Kier molecular flexibility index (Phi) is 5.03. The average Bonchev–Trinajstić information content (AvgIpc) is 3.12. The summed E-state index contributed by atoms with van der Waals surface area (Å²) in [6, 6.07) is 8.11. The third-order valence-electron chi connectivity index (χ3n) is 3.33. The first-order valence-corrected chi connectivity index (χ1v) is 9.07. The topological polar surface area (TPSA) is 115 Å². The van der Waals surface area contributed by atoms with E-state index >= 15 is 0 Å². The maximum absolute atomic E-state index is 12.9. The highest BCUT2D eigenvalue weighted by Crippen LogP contribution is 2.15. The van der Waals surface area contributed by atoms with Crippen LogP contribution in [0.4, 0.5) is 4.39 Å². The second kappa shape index (κ2) is 7.40. The molecule has 0 bridgehead atoms. The summed E-state index contributed by atoms with van der Waals surface area (Å²) in [6.45, 7) is -0.125. The number of carbonyl (C=O) groups excluding carboxylic acids is 1. The van der Waals surface area contributed by atoms with E-state index in [2.05, 4.69) is 20.5 Å². The van der Waals surface area contributed by atoms with E-state index in [9.17, 15) is 17.6 Å². The van der Waals surface area contributed by atoms with Crippen LogP contribution in [0.15, 0.2) is 58.4 Å². The van der Waals surface area contributed by atoms with Crippen LogP contribution in [0.5, 0.6) is 0 Å². The summed E-state index contributed by atoms with van der Waals surface area (Å²) in [4.78, 5) is 15.7. The van der Waals surface area contributed by atoms with Crippen LogP contribution in [0, 0.1) is 5.82 Å². The fraction of sp³-hybridized carbons (Fsp3) is 0.125. The lowest BCUT2D eigenvalue weighted by molar-refractivity contribution is 0.0946. The number of pyridine rings is 1. The van der Waals surface area contributed by atoms with Gasteiger partial charge in [0.1, 0.15) is 5.82 Å². The molecule has 8 nitrogen and oxygen atoms in total. The molecule has 0 aliphatic rings. The maximum atomic E-state index is 12.9. The van der Waals surface area contributed by atoms with Gasteiger partial charge in [-0.25, -0.2) is 12.8 Å². The number of amides is 1. The smallest absolute Gasteiger partial charge is 0.335 e. The third-order valence-corrected chi connectivity index (χ3v) is 4.74. The van der Waals surface area contributed by atoms with Gasteiger partial charge in [0.2, 0.25) is 15.7 Å². The van der Waals surface area contributed by atoms with Gasteiger partial charge < -0.3 is 9.73 Å². The lowest BCUT2D eigenvalue weighted by Gasteiger charge is -2.02. The van der Waals surface area contributed by atoms with Crippen molar-refractivity contribution in [3.05, 3.63) is 71.6 Å². The number of nitrogens with one attached hydrogen (secondary N) is 1. The van der Waals surface area contributed by atoms with Crippen molar-refractivity contribution in [1.29, 1.82) is 0 Å². The van der Waals surface area contributed by atoms with Crippen LogP contribution < -0.4 is 5.32 Å². The van der Waals surface area contributed by atoms with Gasteiger partial charge in [-0.05, 0) is 29.8 Å². The van der Waals surface area contributed by atoms with Crippen molar-refractivity contribution in [1.82, 2.24) is 20.5 Å². The number of hydrogen-bond acceptors (Lipinski definition) is 7. The molecule has 0 saturated heterocycles. The Morgan fingerprint density at radius 3 is 2.46 bits per heavy atom. The molecule has 0 radical (unpaired) electrons. The minimum Gasteiger partial charge on any atom is -0.411 e. The fourth-order valence-corrected chi connectivity index (χ4v) is 3.20. The maximum Gasteiger partial charge on any atom is 0.335 e. The molecule has 3 rings (SSSR count). The summed E-state index contributed by atoms with van der Waals surface area (Å²) in [5.41, 5.74) is 0.779. The molecule has 1 aromatic carbocycles. The first kappa shape index (κ1) is 17.7. The summed E-state index contributed by atoms with van der Waals surface area (Å²) >= 11 is 0. The molecule has 0 aliphatic heterocycles. The standard InChI is InChI=1S/C16H13FN4O4S/c17-13-3-1-11(2-4-13)10-26(23,24)16-21-20-14(25-16)9-19-15(22)12-5-7-18-8-6-12/h1-8H,9-10H2,(H,19,22). The number of benzene rings is 1. The van der Waals surface area contributed by atoms with Gasteiger partial charge in [0.25, 0.3) is 5.91 Å². The number of carbonyl (C=O) groups is 1. The van der Waals surface area contributed by atoms with E-state index in [-0.39, 0.29) is 18.3 Å². The quantitative estimate of drug-likeness (QED) is 0.693. The van der Waals surface area contributed by atoms with E-state index in [4.69, 9.17) is 4.42 Å². The summed E-state index contributed by atoms with van der Waals surface area (Å²) in [5, 5.41) is 9.11. The van der Waals surface area contributed by atoms with Crippen LogP contribution in [0.1, 0.15) is 21.8 Å². The van der Waals surface area contributed by atoms with E-state index < -0.39 is 26.6 Å². The number of sulfone groups is 1. The molecule has 0 aliphatic carbocycles.